The van der Waals surface area contributed by atoms with Gasteiger partial charge in [0, 0.05) is 0 Å². The number of aliphatic hydroxyl groups excluding tert-OH is 2. The molecule has 1 unspecified atom stereocenters. The van der Waals surface area contributed by atoms with E-state index in [-0.39, 0.29) is 6.61 Å². The van der Waals surface area contributed by atoms with Gasteiger partial charge in [0.1, 0.15) is 0 Å². The van der Waals surface area contributed by atoms with Crippen LogP contribution in [-0.2, 0) is 4.79 Å². The highest BCUT2D eigenvalue weighted by Crippen LogP contribution is 2.11. The van der Waals surface area contributed by atoms with Crippen molar-refractivity contribution >= 4 is 5.97 Å². The molecule has 0 amide bonds. The van der Waals surface area contributed by atoms with Crippen molar-refractivity contribution in [3.05, 3.63) is 0 Å². The highest BCUT2D eigenvalue weighted by Gasteiger charge is 2.18. The lowest BCUT2D eigenvalue weighted by atomic mass is 9.98. The summed E-state index contributed by atoms with van der Waals surface area (Å²) < 4.78 is 0. The summed E-state index contributed by atoms with van der Waals surface area (Å²) >= 11 is 0. The van der Waals surface area contributed by atoms with Crippen LogP contribution >= 0.6 is 0 Å². The summed E-state index contributed by atoms with van der Waals surface area (Å²) in [6.07, 6.45) is 0.126. The second-order valence-corrected chi connectivity index (χ2v) is 3.80. The summed E-state index contributed by atoms with van der Waals surface area (Å²) in [6, 6.07) is 0. The first-order chi connectivity index (χ1) is 5.75. The van der Waals surface area contributed by atoms with Crippen LogP contribution in [0.4, 0.5) is 0 Å². The van der Waals surface area contributed by atoms with Gasteiger partial charge in [-0.2, -0.15) is 0 Å². The molecule has 0 aromatic carbocycles. The minimum atomic E-state index is -0.757. The zero-order valence-electron chi connectivity index (χ0n) is 8.74. The van der Waals surface area contributed by atoms with Gasteiger partial charge in [0.05, 0.1) is 18.1 Å². The minimum Gasteiger partial charge on any atom is -0.481 e. The number of rotatable bonds is 2. The van der Waals surface area contributed by atoms with Gasteiger partial charge >= 0.3 is 5.97 Å². The number of carboxylic acid groups (broad SMARTS) is 1. The van der Waals surface area contributed by atoms with Gasteiger partial charge in [0.2, 0.25) is 0 Å². The van der Waals surface area contributed by atoms with Gasteiger partial charge in [0.15, 0.2) is 0 Å². The largest absolute Gasteiger partial charge is 0.481 e. The minimum absolute atomic E-state index is 0.115. The highest BCUT2D eigenvalue weighted by atomic mass is 16.4. The topological polar surface area (TPSA) is 77.8 Å². The fourth-order valence-electron chi connectivity index (χ4n) is 0.129. The van der Waals surface area contributed by atoms with Crippen molar-refractivity contribution in [2.24, 2.45) is 5.41 Å². The first-order valence-corrected chi connectivity index (χ1v) is 4.28. The number of hydrogen-bond donors (Lipinski definition) is 3. The average molecular weight is 192 g/mol. The highest BCUT2D eigenvalue weighted by molar-refractivity contribution is 5.72. The van der Waals surface area contributed by atoms with Crippen molar-refractivity contribution in [2.45, 2.75) is 40.2 Å². The molecule has 0 aromatic heterocycles. The zero-order valence-corrected chi connectivity index (χ0v) is 8.74. The third kappa shape index (κ3) is 11.4. The Morgan fingerprint density at radius 1 is 1.38 bits per heavy atom. The number of carboxylic acids is 1. The van der Waals surface area contributed by atoms with E-state index in [2.05, 4.69) is 0 Å². The molecule has 0 aliphatic rings. The molecule has 4 nitrogen and oxygen atoms in total. The second kappa shape index (κ2) is 6.86. The Kier molecular flexibility index (Phi) is 7.85. The van der Waals surface area contributed by atoms with Gasteiger partial charge in [-0.05, 0) is 27.2 Å². The van der Waals surface area contributed by atoms with Crippen molar-refractivity contribution in [1.29, 1.82) is 0 Å². The van der Waals surface area contributed by atoms with Gasteiger partial charge in [-0.3, -0.25) is 4.79 Å². The molecule has 0 heterocycles. The number of aliphatic hydroxyl groups is 2. The standard InChI is InChI=1S/C5H10O2.C4H10O2/c1-5(2,3)4(6)7;1-2-4(6)3-5/h1-3H3,(H,6,7);4-6H,2-3H2,1H3. The Balaban J connectivity index is 0. The SMILES string of the molecule is CC(C)(C)C(=O)O.CCC(O)CO. The number of carbonyl (C=O) groups is 1. The molecule has 0 spiro atoms. The van der Waals surface area contributed by atoms with Crippen LogP contribution in [0.2, 0.25) is 0 Å². The Morgan fingerprint density at radius 2 is 1.69 bits per heavy atom. The molecule has 1 atom stereocenters. The Labute approximate surface area is 79.2 Å². The molecule has 4 heteroatoms. The third-order valence-corrected chi connectivity index (χ3v) is 1.32. The Hall–Kier alpha value is -0.610. The zero-order chi connectivity index (χ0) is 11.1. The van der Waals surface area contributed by atoms with Crippen molar-refractivity contribution in [3.63, 3.8) is 0 Å². The lowest BCUT2D eigenvalue weighted by molar-refractivity contribution is -0.145. The molecule has 0 aliphatic heterocycles. The van der Waals surface area contributed by atoms with E-state index in [1.807, 2.05) is 6.92 Å². The smallest absolute Gasteiger partial charge is 0.308 e. The van der Waals surface area contributed by atoms with Crippen LogP contribution in [0.3, 0.4) is 0 Å². The van der Waals surface area contributed by atoms with E-state index < -0.39 is 17.5 Å². The molecule has 80 valence electrons. The lowest BCUT2D eigenvalue weighted by Gasteiger charge is -2.08. The van der Waals surface area contributed by atoms with E-state index in [1.165, 1.54) is 0 Å². The molecular weight excluding hydrogens is 172 g/mol. The summed E-state index contributed by atoms with van der Waals surface area (Å²) in [5.41, 5.74) is -0.583. The lowest BCUT2D eigenvalue weighted by Crippen LogP contribution is -2.18. The summed E-state index contributed by atoms with van der Waals surface area (Å²) in [4.78, 5) is 10.0. The summed E-state index contributed by atoms with van der Waals surface area (Å²) in [7, 11) is 0. The number of hydrogen-bond acceptors (Lipinski definition) is 3. The van der Waals surface area contributed by atoms with Crippen LogP contribution in [0, 0.1) is 5.41 Å². The molecule has 3 N–H and O–H groups in total. The van der Waals surface area contributed by atoms with Crippen molar-refractivity contribution in [2.75, 3.05) is 6.61 Å². The molecule has 0 saturated heterocycles. The summed E-state index contributed by atoms with van der Waals surface area (Å²) in [5, 5.41) is 24.8. The Bertz CT molecular complexity index is 133. The van der Waals surface area contributed by atoms with Crippen LogP contribution in [0.15, 0.2) is 0 Å². The van der Waals surface area contributed by atoms with Crippen LogP contribution in [0.5, 0.6) is 0 Å². The first kappa shape index (κ1) is 14.9. The molecule has 0 aromatic rings. The quantitative estimate of drug-likeness (QED) is 0.606. The first-order valence-electron chi connectivity index (χ1n) is 4.28. The van der Waals surface area contributed by atoms with Crippen LogP contribution in [0.1, 0.15) is 34.1 Å². The fourth-order valence-corrected chi connectivity index (χ4v) is 0.129. The van der Waals surface area contributed by atoms with Gasteiger partial charge in [-0.25, -0.2) is 0 Å². The van der Waals surface area contributed by atoms with E-state index in [1.54, 1.807) is 20.8 Å². The molecular formula is C9H20O4. The van der Waals surface area contributed by atoms with E-state index in [0.29, 0.717) is 6.42 Å². The Morgan fingerprint density at radius 3 is 1.69 bits per heavy atom. The average Bonchev–Trinajstić information content (AvgIpc) is 2.02. The monoisotopic (exact) mass is 192 g/mol. The van der Waals surface area contributed by atoms with Crippen LogP contribution in [-0.4, -0.2) is 34.0 Å². The predicted octanol–water partition coefficient (Wildman–Crippen LogP) is 0.867. The maximum atomic E-state index is 10.0. The van der Waals surface area contributed by atoms with Crippen molar-refractivity contribution < 1.29 is 20.1 Å². The third-order valence-electron chi connectivity index (χ3n) is 1.32. The molecule has 0 saturated carbocycles. The predicted molar refractivity (Wildman–Crippen MR) is 50.5 cm³/mol. The van der Waals surface area contributed by atoms with Crippen molar-refractivity contribution in [1.82, 2.24) is 0 Å². The van der Waals surface area contributed by atoms with E-state index in [9.17, 15) is 4.79 Å². The normalized spacial score (nSPS) is 12.8. The fraction of sp³-hybridized carbons (Fsp3) is 0.889. The van der Waals surface area contributed by atoms with Crippen LogP contribution < -0.4 is 0 Å². The van der Waals surface area contributed by atoms with Gasteiger partial charge in [0.25, 0.3) is 0 Å². The molecule has 13 heavy (non-hydrogen) atoms. The van der Waals surface area contributed by atoms with Gasteiger partial charge in [-0.1, -0.05) is 6.92 Å². The maximum absolute atomic E-state index is 10.0. The van der Waals surface area contributed by atoms with E-state index >= 15 is 0 Å². The second-order valence-electron chi connectivity index (χ2n) is 3.80. The molecule has 0 fully saturated rings. The van der Waals surface area contributed by atoms with Gasteiger partial charge < -0.3 is 15.3 Å². The number of aliphatic carboxylic acids is 1. The molecule has 0 rings (SSSR count). The van der Waals surface area contributed by atoms with Crippen LogP contribution in [0.25, 0.3) is 0 Å². The van der Waals surface area contributed by atoms with E-state index in [0.717, 1.165) is 0 Å². The van der Waals surface area contributed by atoms with Gasteiger partial charge in [-0.15, -0.1) is 0 Å². The summed E-state index contributed by atoms with van der Waals surface area (Å²) in [5.74, 6) is -0.757. The van der Waals surface area contributed by atoms with E-state index in [4.69, 9.17) is 15.3 Å². The molecule has 0 bridgehead atoms. The van der Waals surface area contributed by atoms with Crippen molar-refractivity contribution in [3.8, 4) is 0 Å². The maximum Gasteiger partial charge on any atom is 0.308 e. The molecule has 0 radical (unpaired) electrons. The summed E-state index contributed by atoms with van der Waals surface area (Å²) in [6.45, 7) is 6.69. The molecule has 0 aliphatic carbocycles.